The van der Waals surface area contributed by atoms with Crippen LogP contribution in [0.1, 0.15) is 29.9 Å². The van der Waals surface area contributed by atoms with E-state index in [1.54, 1.807) is 12.1 Å². The molecule has 0 radical (unpaired) electrons. The van der Waals surface area contributed by atoms with Gasteiger partial charge in [0.15, 0.2) is 0 Å². The van der Waals surface area contributed by atoms with Gasteiger partial charge in [0.25, 0.3) is 0 Å². The quantitative estimate of drug-likeness (QED) is 0.771. The van der Waals surface area contributed by atoms with Crippen LogP contribution in [0.3, 0.4) is 0 Å². The zero-order valence-corrected chi connectivity index (χ0v) is 8.53. The van der Waals surface area contributed by atoms with Crippen molar-refractivity contribution in [3.05, 3.63) is 23.4 Å². The number of nitrogens with one attached hydrogen (secondary N) is 1. The fourth-order valence-electron chi connectivity index (χ4n) is 1.11. The molecule has 1 aromatic heterocycles. The number of carboxylic acids is 1. The highest BCUT2D eigenvalue weighted by atomic mass is 16.4. The summed E-state index contributed by atoms with van der Waals surface area (Å²) < 4.78 is 0. The van der Waals surface area contributed by atoms with Gasteiger partial charge in [0.05, 0.1) is 0 Å². The smallest absolute Gasteiger partial charge is 0.339 e. The second kappa shape index (κ2) is 4.09. The topological polar surface area (TPSA) is 62.2 Å². The molecule has 0 atom stereocenters. The summed E-state index contributed by atoms with van der Waals surface area (Å²) in [6.45, 7) is 5.71. The summed E-state index contributed by atoms with van der Waals surface area (Å²) in [7, 11) is 0. The molecule has 1 aromatic rings. The SMILES string of the molecule is Cc1ccc(C(=O)O)c(NC(C)C)n1. The van der Waals surface area contributed by atoms with Gasteiger partial charge in [-0.1, -0.05) is 0 Å². The number of carboxylic acid groups (broad SMARTS) is 1. The molecule has 0 aliphatic rings. The number of carbonyl (C=O) groups is 1. The molecule has 0 saturated heterocycles. The van der Waals surface area contributed by atoms with Crippen LogP contribution in [-0.4, -0.2) is 22.1 Å². The molecule has 1 heterocycles. The number of hydrogen-bond donors (Lipinski definition) is 2. The number of rotatable bonds is 3. The van der Waals surface area contributed by atoms with E-state index in [9.17, 15) is 4.79 Å². The van der Waals surface area contributed by atoms with E-state index in [4.69, 9.17) is 5.11 Å². The summed E-state index contributed by atoms with van der Waals surface area (Å²) in [5, 5.41) is 11.9. The molecular weight excluding hydrogens is 180 g/mol. The summed E-state index contributed by atoms with van der Waals surface area (Å²) in [6.07, 6.45) is 0. The van der Waals surface area contributed by atoms with Crippen LogP contribution in [0.25, 0.3) is 0 Å². The van der Waals surface area contributed by atoms with Crippen LogP contribution < -0.4 is 5.32 Å². The first kappa shape index (κ1) is 10.5. The molecule has 14 heavy (non-hydrogen) atoms. The van der Waals surface area contributed by atoms with Crippen molar-refractivity contribution in [1.82, 2.24) is 4.98 Å². The third kappa shape index (κ3) is 2.45. The Morgan fingerprint density at radius 2 is 2.14 bits per heavy atom. The van der Waals surface area contributed by atoms with Gasteiger partial charge in [-0.05, 0) is 32.9 Å². The van der Waals surface area contributed by atoms with E-state index in [2.05, 4.69) is 10.3 Å². The largest absolute Gasteiger partial charge is 0.478 e. The Bertz CT molecular complexity index is 348. The molecule has 0 amide bonds. The third-order valence-corrected chi connectivity index (χ3v) is 1.69. The van der Waals surface area contributed by atoms with Gasteiger partial charge in [0, 0.05) is 11.7 Å². The molecule has 0 unspecified atom stereocenters. The average molecular weight is 194 g/mol. The van der Waals surface area contributed by atoms with Gasteiger partial charge in [-0.3, -0.25) is 0 Å². The monoisotopic (exact) mass is 194 g/mol. The number of hydrogen-bond acceptors (Lipinski definition) is 3. The molecule has 0 fully saturated rings. The number of pyridine rings is 1. The van der Waals surface area contributed by atoms with Crippen LogP contribution in [0.4, 0.5) is 5.82 Å². The van der Waals surface area contributed by atoms with E-state index in [1.165, 1.54) is 0 Å². The van der Waals surface area contributed by atoms with Gasteiger partial charge >= 0.3 is 5.97 Å². The highest BCUT2D eigenvalue weighted by Gasteiger charge is 2.11. The highest BCUT2D eigenvalue weighted by molar-refractivity contribution is 5.93. The van der Waals surface area contributed by atoms with Gasteiger partial charge in [-0.25, -0.2) is 9.78 Å². The van der Waals surface area contributed by atoms with Crippen molar-refractivity contribution >= 4 is 11.8 Å². The molecule has 4 heteroatoms. The van der Waals surface area contributed by atoms with Gasteiger partial charge in [-0.15, -0.1) is 0 Å². The molecular formula is C10H14N2O2. The minimum Gasteiger partial charge on any atom is -0.478 e. The molecule has 0 spiro atoms. The van der Waals surface area contributed by atoms with Crippen LogP contribution in [-0.2, 0) is 0 Å². The Balaban J connectivity index is 3.09. The van der Waals surface area contributed by atoms with Crippen molar-refractivity contribution in [2.75, 3.05) is 5.32 Å². The standard InChI is InChI=1S/C10H14N2O2/c1-6(2)11-9-8(10(13)14)5-4-7(3)12-9/h4-6H,1-3H3,(H,11,12)(H,13,14). The maximum absolute atomic E-state index is 10.8. The minimum absolute atomic E-state index is 0.169. The van der Waals surface area contributed by atoms with E-state index in [1.807, 2.05) is 20.8 Å². The van der Waals surface area contributed by atoms with Crippen molar-refractivity contribution in [2.45, 2.75) is 26.8 Å². The molecule has 0 aliphatic heterocycles. The fourth-order valence-corrected chi connectivity index (χ4v) is 1.11. The van der Waals surface area contributed by atoms with Crippen LogP contribution in [0, 0.1) is 6.92 Å². The minimum atomic E-state index is -0.958. The van der Waals surface area contributed by atoms with E-state index in [-0.39, 0.29) is 11.6 Å². The lowest BCUT2D eigenvalue weighted by atomic mass is 10.2. The maximum Gasteiger partial charge on any atom is 0.339 e. The lowest BCUT2D eigenvalue weighted by Gasteiger charge is -2.11. The Kier molecular flexibility index (Phi) is 3.06. The summed E-state index contributed by atoms with van der Waals surface area (Å²) >= 11 is 0. The van der Waals surface area contributed by atoms with E-state index in [0.717, 1.165) is 5.69 Å². The maximum atomic E-state index is 10.8. The number of aromatic nitrogens is 1. The molecule has 0 saturated carbocycles. The van der Waals surface area contributed by atoms with Crippen molar-refractivity contribution < 1.29 is 9.90 Å². The summed E-state index contributed by atoms with van der Waals surface area (Å²) in [5.41, 5.74) is 1.02. The number of nitrogens with zero attached hydrogens (tertiary/aromatic N) is 1. The second-order valence-electron chi connectivity index (χ2n) is 3.45. The fraction of sp³-hybridized carbons (Fsp3) is 0.400. The summed E-state index contributed by atoms with van der Waals surface area (Å²) in [5.74, 6) is -0.520. The molecule has 0 bridgehead atoms. The predicted molar refractivity (Wildman–Crippen MR) is 54.7 cm³/mol. The molecule has 1 rings (SSSR count). The van der Waals surface area contributed by atoms with Crippen LogP contribution in [0.2, 0.25) is 0 Å². The normalized spacial score (nSPS) is 10.3. The predicted octanol–water partition coefficient (Wildman–Crippen LogP) is 1.91. The summed E-state index contributed by atoms with van der Waals surface area (Å²) in [4.78, 5) is 15.0. The summed E-state index contributed by atoms with van der Waals surface area (Å²) in [6, 6.07) is 3.42. The van der Waals surface area contributed by atoms with Gasteiger partial charge < -0.3 is 10.4 Å². The third-order valence-electron chi connectivity index (χ3n) is 1.69. The lowest BCUT2D eigenvalue weighted by Crippen LogP contribution is -2.15. The van der Waals surface area contributed by atoms with E-state index >= 15 is 0 Å². The van der Waals surface area contributed by atoms with Crippen molar-refractivity contribution in [3.63, 3.8) is 0 Å². The van der Waals surface area contributed by atoms with Crippen LogP contribution >= 0.6 is 0 Å². The molecule has 0 aromatic carbocycles. The van der Waals surface area contributed by atoms with E-state index in [0.29, 0.717) is 5.82 Å². The van der Waals surface area contributed by atoms with Gasteiger partial charge in [0.1, 0.15) is 11.4 Å². The van der Waals surface area contributed by atoms with Gasteiger partial charge in [0.2, 0.25) is 0 Å². The Morgan fingerprint density at radius 3 is 2.64 bits per heavy atom. The second-order valence-corrected chi connectivity index (χ2v) is 3.45. The number of anilines is 1. The van der Waals surface area contributed by atoms with Crippen molar-refractivity contribution in [3.8, 4) is 0 Å². The van der Waals surface area contributed by atoms with Crippen molar-refractivity contribution in [1.29, 1.82) is 0 Å². The number of aromatic carboxylic acids is 1. The van der Waals surface area contributed by atoms with Crippen LogP contribution in [0.5, 0.6) is 0 Å². The average Bonchev–Trinajstić information content (AvgIpc) is 2.01. The molecule has 76 valence electrons. The Labute approximate surface area is 83.0 Å². The van der Waals surface area contributed by atoms with Crippen LogP contribution in [0.15, 0.2) is 12.1 Å². The van der Waals surface area contributed by atoms with E-state index < -0.39 is 5.97 Å². The Hall–Kier alpha value is -1.58. The first-order valence-corrected chi connectivity index (χ1v) is 4.48. The molecule has 4 nitrogen and oxygen atoms in total. The first-order valence-electron chi connectivity index (χ1n) is 4.48. The zero-order valence-electron chi connectivity index (χ0n) is 8.53. The zero-order chi connectivity index (χ0) is 10.7. The van der Waals surface area contributed by atoms with Crippen molar-refractivity contribution in [2.24, 2.45) is 0 Å². The number of aryl methyl sites for hydroxylation is 1. The molecule has 2 N–H and O–H groups in total. The molecule has 0 aliphatic carbocycles. The Morgan fingerprint density at radius 1 is 1.50 bits per heavy atom. The van der Waals surface area contributed by atoms with Gasteiger partial charge in [-0.2, -0.15) is 0 Å². The highest BCUT2D eigenvalue weighted by Crippen LogP contribution is 2.14. The first-order chi connectivity index (χ1) is 6.50. The lowest BCUT2D eigenvalue weighted by molar-refractivity contribution is 0.0697.